The second-order valence-corrected chi connectivity index (χ2v) is 12.6. The van der Waals surface area contributed by atoms with E-state index in [-0.39, 0.29) is 32.1 Å². The maximum absolute atomic E-state index is 11.9. The van der Waals surface area contributed by atoms with Crippen molar-refractivity contribution in [1.29, 1.82) is 0 Å². The van der Waals surface area contributed by atoms with E-state index in [0.717, 1.165) is 30.3 Å². The Kier molecular flexibility index (Phi) is 7.66. The highest BCUT2D eigenvalue weighted by Crippen LogP contribution is 2.42. The number of aromatic hydroxyl groups is 1. The number of nitrogens with zero attached hydrogens (tertiary/aromatic N) is 2. The van der Waals surface area contributed by atoms with E-state index in [0.29, 0.717) is 12.0 Å². The number of fused-ring (bicyclic) bond motifs is 2. The van der Waals surface area contributed by atoms with Crippen LogP contribution < -0.4 is 0 Å². The van der Waals surface area contributed by atoms with E-state index in [2.05, 4.69) is 19.6 Å². The summed E-state index contributed by atoms with van der Waals surface area (Å²) < 4.78 is 103. The standard InChI is InChI=1S/C20H14N2O13S4/c23-20-18(39(31,32)33)8-11-7-14(37(25,26)27)2-4-16(11)19(20)22-21-12-1-3-15-10(5-12)6-13(36-35-34-24)9-17(15)38(28,29)30/h1-9,23-24H,(H,25,26,27)(H,28,29,30)(H,31,32,33). The lowest BCUT2D eigenvalue weighted by Gasteiger charge is -2.10. The molecule has 5 N–H and O–H groups in total. The minimum absolute atomic E-state index is 0.00895. The minimum Gasteiger partial charge on any atom is -0.504 e. The van der Waals surface area contributed by atoms with Crippen molar-refractivity contribution in [3.63, 3.8) is 0 Å². The van der Waals surface area contributed by atoms with Gasteiger partial charge in [0.25, 0.3) is 30.4 Å². The van der Waals surface area contributed by atoms with Crippen LogP contribution in [0.2, 0.25) is 0 Å². The normalized spacial score (nSPS) is 13.0. The Bertz CT molecular complexity index is 1990. The van der Waals surface area contributed by atoms with Crippen molar-refractivity contribution in [1.82, 2.24) is 0 Å². The average Bonchev–Trinajstić information content (AvgIpc) is 2.83. The highest BCUT2D eigenvalue weighted by molar-refractivity contribution is 7.94. The number of benzene rings is 4. The van der Waals surface area contributed by atoms with Gasteiger partial charge in [-0.1, -0.05) is 17.2 Å². The lowest BCUT2D eigenvalue weighted by atomic mass is 10.1. The number of rotatable bonds is 8. The SMILES string of the molecule is O=S(=O)(O)c1ccc2c(N=Nc3ccc4c(S(=O)(=O)O)cc(SOOO)cc4c3)c(O)c(S(=O)(=O)O)cc2c1. The topological polar surface area (TPSA) is 247 Å². The molecule has 0 spiro atoms. The Morgan fingerprint density at radius 1 is 0.692 bits per heavy atom. The Morgan fingerprint density at radius 3 is 1.95 bits per heavy atom. The fraction of sp³-hybridized carbons (Fsp3) is 0. The molecule has 0 fully saturated rings. The van der Waals surface area contributed by atoms with Crippen LogP contribution in [0.3, 0.4) is 0 Å². The first-order chi connectivity index (χ1) is 18.1. The Hall–Kier alpha value is -3.24. The Morgan fingerprint density at radius 2 is 1.33 bits per heavy atom. The third kappa shape index (κ3) is 6.17. The van der Waals surface area contributed by atoms with Crippen molar-refractivity contribution in [2.45, 2.75) is 19.6 Å². The van der Waals surface area contributed by atoms with Gasteiger partial charge in [-0.25, -0.2) is 5.26 Å². The molecule has 0 aromatic heterocycles. The second kappa shape index (κ2) is 10.4. The molecule has 0 aliphatic heterocycles. The van der Waals surface area contributed by atoms with E-state index < -0.39 is 56.5 Å². The van der Waals surface area contributed by atoms with Crippen LogP contribution in [0, 0.1) is 0 Å². The number of azo groups is 1. The van der Waals surface area contributed by atoms with E-state index >= 15 is 0 Å². The highest BCUT2D eigenvalue weighted by atomic mass is 32.2. The first kappa shape index (κ1) is 28.8. The monoisotopic (exact) mass is 618 g/mol. The summed E-state index contributed by atoms with van der Waals surface area (Å²) in [6.45, 7) is 0. The van der Waals surface area contributed by atoms with Crippen LogP contribution in [-0.2, 0) is 39.7 Å². The largest absolute Gasteiger partial charge is 0.504 e. The van der Waals surface area contributed by atoms with Gasteiger partial charge in [0.2, 0.25) is 0 Å². The number of phenolic OH excluding ortho intramolecular Hbond substituents is 1. The van der Waals surface area contributed by atoms with Gasteiger partial charge >= 0.3 is 0 Å². The van der Waals surface area contributed by atoms with Gasteiger partial charge in [0.05, 0.1) is 22.6 Å². The van der Waals surface area contributed by atoms with Gasteiger partial charge < -0.3 is 5.11 Å². The third-order valence-corrected chi connectivity index (χ3v) is 8.34. The Labute approximate surface area is 223 Å². The van der Waals surface area contributed by atoms with Crippen LogP contribution in [0.4, 0.5) is 11.4 Å². The fourth-order valence-corrected chi connectivity index (χ4v) is 5.97. The van der Waals surface area contributed by atoms with E-state index in [1.54, 1.807) is 0 Å². The average molecular weight is 619 g/mol. The van der Waals surface area contributed by atoms with Gasteiger partial charge in [0, 0.05) is 15.7 Å². The molecule has 39 heavy (non-hydrogen) atoms. The summed E-state index contributed by atoms with van der Waals surface area (Å²) in [6.07, 6.45) is 0. The summed E-state index contributed by atoms with van der Waals surface area (Å²) in [5.74, 6) is -1.01. The van der Waals surface area contributed by atoms with Crippen molar-refractivity contribution in [2.24, 2.45) is 10.2 Å². The highest BCUT2D eigenvalue weighted by Gasteiger charge is 2.23. The first-order valence-corrected chi connectivity index (χ1v) is 15.0. The molecule has 0 aliphatic rings. The van der Waals surface area contributed by atoms with E-state index in [9.17, 15) is 44.0 Å². The summed E-state index contributed by atoms with van der Waals surface area (Å²) in [7, 11) is -14.4. The lowest BCUT2D eigenvalue weighted by Crippen LogP contribution is -2.00. The van der Waals surface area contributed by atoms with Crippen LogP contribution in [0.5, 0.6) is 5.75 Å². The summed E-state index contributed by atoms with van der Waals surface area (Å²) in [6, 6.07) is 10.0. The Balaban J connectivity index is 1.91. The molecule has 0 bridgehead atoms. The molecule has 206 valence electrons. The lowest BCUT2D eigenvalue weighted by molar-refractivity contribution is -0.432. The molecular weight excluding hydrogens is 604 g/mol. The predicted molar refractivity (Wildman–Crippen MR) is 134 cm³/mol. The molecule has 4 rings (SSSR count). The molecule has 0 aliphatic carbocycles. The molecule has 19 heteroatoms. The van der Waals surface area contributed by atoms with E-state index in [1.165, 1.54) is 24.3 Å². The molecule has 0 radical (unpaired) electrons. The molecule has 0 heterocycles. The number of hydrogen-bond acceptors (Lipinski definition) is 13. The summed E-state index contributed by atoms with van der Waals surface area (Å²) in [5, 5.41) is 30.3. The molecule has 15 nitrogen and oxygen atoms in total. The zero-order valence-electron chi connectivity index (χ0n) is 18.7. The van der Waals surface area contributed by atoms with Crippen LogP contribution in [0.25, 0.3) is 21.5 Å². The minimum atomic E-state index is -5.03. The van der Waals surface area contributed by atoms with E-state index in [1.807, 2.05) is 0 Å². The molecule has 0 unspecified atom stereocenters. The van der Waals surface area contributed by atoms with Gasteiger partial charge in [-0.05, 0) is 53.2 Å². The van der Waals surface area contributed by atoms with Crippen molar-refractivity contribution in [2.75, 3.05) is 0 Å². The summed E-state index contributed by atoms with van der Waals surface area (Å²) in [5.41, 5.74) is -0.455. The van der Waals surface area contributed by atoms with E-state index in [4.69, 9.17) is 5.26 Å². The van der Waals surface area contributed by atoms with Gasteiger partial charge in [-0.2, -0.15) is 30.4 Å². The first-order valence-electron chi connectivity index (χ1n) is 9.96. The number of phenols is 1. The maximum atomic E-state index is 11.9. The van der Waals surface area contributed by atoms with Gasteiger partial charge in [-0.15, -0.1) is 9.45 Å². The van der Waals surface area contributed by atoms with Crippen molar-refractivity contribution in [3.05, 3.63) is 54.6 Å². The zero-order chi connectivity index (χ0) is 28.8. The molecule has 4 aromatic carbocycles. The quantitative estimate of drug-likeness (QED) is 0.0608. The smallest absolute Gasteiger partial charge is 0.298 e. The second-order valence-electron chi connectivity index (χ2n) is 7.63. The number of hydrogen-bond donors (Lipinski definition) is 5. The van der Waals surface area contributed by atoms with Crippen molar-refractivity contribution < 1.29 is 58.6 Å². The molecule has 4 aromatic rings. The molecule has 0 saturated heterocycles. The molecule has 0 amide bonds. The van der Waals surface area contributed by atoms with Crippen molar-refractivity contribution in [3.8, 4) is 5.75 Å². The molecular formula is C20H14N2O13S4. The van der Waals surface area contributed by atoms with Crippen LogP contribution in [0.1, 0.15) is 0 Å². The zero-order valence-corrected chi connectivity index (χ0v) is 22.0. The summed E-state index contributed by atoms with van der Waals surface area (Å²) in [4.78, 5) is -2.04. The van der Waals surface area contributed by atoms with Crippen LogP contribution in [-0.4, -0.2) is 49.3 Å². The van der Waals surface area contributed by atoms with Gasteiger partial charge in [0.15, 0.2) is 5.75 Å². The molecule has 0 saturated carbocycles. The predicted octanol–water partition coefficient (Wildman–Crippen LogP) is 4.28. The van der Waals surface area contributed by atoms with Crippen LogP contribution >= 0.6 is 12.0 Å². The van der Waals surface area contributed by atoms with Gasteiger partial charge in [0.1, 0.15) is 15.5 Å². The van der Waals surface area contributed by atoms with Crippen LogP contribution in [0.15, 0.2) is 84.4 Å². The molecule has 0 atom stereocenters. The third-order valence-electron chi connectivity index (χ3n) is 5.17. The van der Waals surface area contributed by atoms with Crippen molar-refractivity contribution >= 4 is 75.3 Å². The van der Waals surface area contributed by atoms with Gasteiger partial charge in [-0.3, -0.25) is 13.7 Å². The summed E-state index contributed by atoms with van der Waals surface area (Å²) >= 11 is 0.416. The fourth-order valence-electron chi connectivity index (χ4n) is 3.57. The maximum Gasteiger partial charge on any atom is 0.298 e.